The van der Waals surface area contributed by atoms with Crippen molar-refractivity contribution in [2.24, 2.45) is 0 Å². The van der Waals surface area contributed by atoms with Crippen LogP contribution < -0.4 is 5.32 Å². The third-order valence-corrected chi connectivity index (χ3v) is 5.06. The highest BCUT2D eigenvalue weighted by Crippen LogP contribution is 2.29. The maximum Gasteiger partial charge on any atom is 0.274 e. The van der Waals surface area contributed by atoms with Gasteiger partial charge in [0.05, 0.1) is 5.69 Å². The van der Waals surface area contributed by atoms with Gasteiger partial charge in [-0.15, -0.1) is 0 Å². The Bertz CT molecular complexity index is 686. The van der Waals surface area contributed by atoms with Crippen LogP contribution in [0.5, 0.6) is 0 Å². The summed E-state index contributed by atoms with van der Waals surface area (Å²) in [6.45, 7) is 3.34. The predicted molar refractivity (Wildman–Crippen MR) is 88.3 cm³/mol. The van der Waals surface area contributed by atoms with E-state index >= 15 is 0 Å². The minimum Gasteiger partial charge on any atom is -0.337 e. The number of nitrogens with one attached hydrogen (secondary N) is 2. The van der Waals surface area contributed by atoms with Gasteiger partial charge >= 0.3 is 0 Å². The number of aromatic amines is 1. The summed E-state index contributed by atoms with van der Waals surface area (Å²) < 4.78 is 0. The second-order valence-electron chi connectivity index (χ2n) is 6.43. The molecule has 0 spiro atoms. The molecule has 2 aliphatic heterocycles. The van der Waals surface area contributed by atoms with E-state index in [1.165, 1.54) is 5.56 Å². The van der Waals surface area contributed by atoms with Crippen LogP contribution in [0.4, 0.5) is 0 Å². The van der Waals surface area contributed by atoms with Crippen LogP contribution in [0.3, 0.4) is 0 Å². The van der Waals surface area contributed by atoms with E-state index in [1.54, 1.807) is 0 Å². The Morgan fingerprint density at radius 3 is 2.74 bits per heavy atom. The molecule has 0 unspecified atom stereocenters. The molecule has 120 valence electrons. The highest BCUT2D eigenvalue weighted by Gasteiger charge is 2.29. The SMILES string of the molecule is O=C(c1n[nH]c2c1CCNC2)N1CCC(c2ccccc2)CC1. The average molecular weight is 310 g/mol. The minimum absolute atomic E-state index is 0.0934. The van der Waals surface area contributed by atoms with Gasteiger partial charge in [0, 0.05) is 25.2 Å². The summed E-state index contributed by atoms with van der Waals surface area (Å²) in [5.41, 5.74) is 4.21. The molecule has 2 aromatic rings. The lowest BCUT2D eigenvalue weighted by atomic mass is 9.89. The van der Waals surface area contributed by atoms with Crippen LogP contribution in [0.15, 0.2) is 30.3 Å². The number of carbonyl (C=O) groups excluding carboxylic acids is 1. The molecule has 4 rings (SSSR count). The summed E-state index contributed by atoms with van der Waals surface area (Å²) in [6, 6.07) is 10.6. The number of H-pyrrole nitrogens is 1. The molecule has 0 aliphatic carbocycles. The summed E-state index contributed by atoms with van der Waals surface area (Å²) in [6.07, 6.45) is 2.95. The standard InChI is InChI=1S/C18H22N4O/c23-18(17-15-6-9-19-12-16(15)20-21-17)22-10-7-14(8-11-22)13-4-2-1-3-5-13/h1-5,14,19H,6-12H2,(H,20,21). The molecule has 2 aliphatic rings. The molecule has 1 saturated heterocycles. The van der Waals surface area contributed by atoms with Crippen molar-refractivity contribution in [1.82, 2.24) is 20.4 Å². The number of fused-ring (bicyclic) bond motifs is 1. The van der Waals surface area contributed by atoms with Crippen LogP contribution in [-0.2, 0) is 13.0 Å². The number of hydrogen-bond acceptors (Lipinski definition) is 3. The molecule has 0 saturated carbocycles. The van der Waals surface area contributed by atoms with Gasteiger partial charge in [-0.2, -0.15) is 5.10 Å². The molecule has 5 heteroatoms. The number of piperidine rings is 1. The minimum atomic E-state index is 0.0934. The highest BCUT2D eigenvalue weighted by molar-refractivity contribution is 5.94. The molecule has 3 heterocycles. The van der Waals surface area contributed by atoms with Gasteiger partial charge in [-0.05, 0) is 37.3 Å². The van der Waals surface area contributed by atoms with E-state index in [-0.39, 0.29) is 5.91 Å². The van der Waals surface area contributed by atoms with E-state index in [1.807, 2.05) is 4.90 Å². The Hall–Kier alpha value is -2.14. The van der Waals surface area contributed by atoms with Gasteiger partial charge in [-0.3, -0.25) is 9.89 Å². The Labute approximate surface area is 136 Å². The number of likely N-dealkylation sites (tertiary alicyclic amines) is 1. The third-order valence-electron chi connectivity index (χ3n) is 5.06. The number of hydrogen-bond donors (Lipinski definition) is 2. The number of aromatic nitrogens is 2. The fourth-order valence-corrected chi connectivity index (χ4v) is 3.71. The van der Waals surface area contributed by atoms with Crippen molar-refractivity contribution < 1.29 is 4.79 Å². The monoisotopic (exact) mass is 310 g/mol. The Balaban J connectivity index is 1.44. The highest BCUT2D eigenvalue weighted by atomic mass is 16.2. The molecule has 1 fully saturated rings. The smallest absolute Gasteiger partial charge is 0.274 e. The largest absolute Gasteiger partial charge is 0.337 e. The maximum absolute atomic E-state index is 12.8. The van der Waals surface area contributed by atoms with E-state index in [0.29, 0.717) is 11.6 Å². The van der Waals surface area contributed by atoms with Crippen molar-refractivity contribution in [2.75, 3.05) is 19.6 Å². The Kier molecular flexibility index (Phi) is 3.87. The fourth-order valence-electron chi connectivity index (χ4n) is 3.71. The number of rotatable bonds is 2. The van der Waals surface area contributed by atoms with Crippen LogP contribution >= 0.6 is 0 Å². The number of nitrogens with zero attached hydrogens (tertiary/aromatic N) is 2. The first kappa shape index (κ1) is 14.5. The van der Waals surface area contributed by atoms with Gasteiger partial charge < -0.3 is 10.2 Å². The first-order chi connectivity index (χ1) is 11.3. The van der Waals surface area contributed by atoms with E-state index in [2.05, 4.69) is 45.8 Å². The lowest BCUT2D eigenvalue weighted by Crippen LogP contribution is -2.38. The summed E-state index contributed by atoms with van der Waals surface area (Å²) >= 11 is 0. The topological polar surface area (TPSA) is 61.0 Å². The van der Waals surface area contributed by atoms with E-state index in [0.717, 1.165) is 56.7 Å². The van der Waals surface area contributed by atoms with Crippen LogP contribution in [0.1, 0.15) is 46.1 Å². The Morgan fingerprint density at radius 2 is 1.96 bits per heavy atom. The van der Waals surface area contributed by atoms with Gasteiger partial charge in [-0.1, -0.05) is 30.3 Å². The summed E-state index contributed by atoms with van der Waals surface area (Å²) in [5, 5.41) is 10.6. The molecular formula is C18H22N4O. The quantitative estimate of drug-likeness (QED) is 0.893. The van der Waals surface area contributed by atoms with Crippen LogP contribution in [0, 0.1) is 0 Å². The zero-order valence-corrected chi connectivity index (χ0v) is 13.2. The maximum atomic E-state index is 12.8. The fraction of sp³-hybridized carbons (Fsp3) is 0.444. The van der Waals surface area contributed by atoms with Gasteiger partial charge in [0.15, 0.2) is 5.69 Å². The molecule has 2 N–H and O–H groups in total. The molecule has 0 bridgehead atoms. The first-order valence-electron chi connectivity index (χ1n) is 8.44. The summed E-state index contributed by atoms with van der Waals surface area (Å²) in [5.74, 6) is 0.661. The molecular weight excluding hydrogens is 288 g/mol. The van der Waals surface area contributed by atoms with Crippen LogP contribution in [0.2, 0.25) is 0 Å². The summed E-state index contributed by atoms with van der Waals surface area (Å²) in [7, 11) is 0. The van der Waals surface area contributed by atoms with Gasteiger partial charge in [0.1, 0.15) is 0 Å². The molecule has 23 heavy (non-hydrogen) atoms. The average Bonchev–Trinajstić information content (AvgIpc) is 3.06. The normalized spacial score (nSPS) is 18.7. The predicted octanol–water partition coefficient (Wildman–Crippen LogP) is 2.08. The Morgan fingerprint density at radius 1 is 1.17 bits per heavy atom. The van der Waals surface area contributed by atoms with Crippen molar-refractivity contribution >= 4 is 5.91 Å². The second kappa shape index (κ2) is 6.16. The summed E-state index contributed by atoms with van der Waals surface area (Å²) in [4.78, 5) is 14.8. The van der Waals surface area contributed by atoms with Crippen molar-refractivity contribution in [2.45, 2.75) is 31.7 Å². The molecule has 0 atom stereocenters. The molecule has 0 radical (unpaired) electrons. The number of benzene rings is 1. The van der Waals surface area contributed by atoms with E-state index in [9.17, 15) is 4.79 Å². The van der Waals surface area contributed by atoms with Gasteiger partial charge in [0.25, 0.3) is 5.91 Å². The third kappa shape index (κ3) is 2.77. The lowest BCUT2D eigenvalue weighted by Gasteiger charge is -2.32. The van der Waals surface area contributed by atoms with Crippen molar-refractivity contribution in [1.29, 1.82) is 0 Å². The van der Waals surface area contributed by atoms with Gasteiger partial charge in [0.2, 0.25) is 0 Å². The zero-order chi connectivity index (χ0) is 15.6. The second-order valence-corrected chi connectivity index (χ2v) is 6.43. The molecule has 1 aromatic carbocycles. The van der Waals surface area contributed by atoms with Crippen molar-refractivity contribution in [3.05, 3.63) is 52.8 Å². The molecule has 1 amide bonds. The molecule has 1 aromatic heterocycles. The van der Waals surface area contributed by atoms with Gasteiger partial charge in [-0.25, -0.2) is 0 Å². The number of amides is 1. The molecule has 5 nitrogen and oxygen atoms in total. The first-order valence-corrected chi connectivity index (χ1v) is 8.44. The van der Waals surface area contributed by atoms with E-state index in [4.69, 9.17) is 0 Å². The number of carbonyl (C=O) groups is 1. The lowest BCUT2D eigenvalue weighted by molar-refractivity contribution is 0.0706. The van der Waals surface area contributed by atoms with E-state index < -0.39 is 0 Å². The zero-order valence-electron chi connectivity index (χ0n) is 13.2. The van der Waals surface area contributed by atoms with Crippen molar-refractivity contribution in [3.8, 4) is 0 Å². The van der Waals surface area contributed by atoms with Crippen LogP contribution in [-0.4, -0.2) is 40.6 Å². The van der Waals surface area contributed by atoms with Crippen LogP contribution in [0.25, 0.3) is 0 Å². The van der Waals surface area contributed by atoms with Crippen molar-refractivity contribution in [3.63, 3.8) is 0 Å².